The number of halogens is 1. The van der Waals surface area contributed by atoms with E-state index in [4.69, 9.17) is 11.6 Å². The predicted molar refractivity (Wildman–Crippen MR) is 99.6 cm³/mol. The number of piperazine rings is 1. The van der Waals surface area contributed by atoms with E-state index in [1.807, 2.05) is 35.9 Å². The van der Waals surface area contributed by atoms with Gasteiger partial charge in [0.05, 0.1) is 0 Å². The van der Waals surface area contributed by atoms with E-state index in [0.29, 0.717) is 18.1 Å². The van der Waals surface area contributed by atoms with Crippen LogP contribution in [-0.2, 0) is 22.7 Å². The van der Waals surface area contributed by atoms with Crippen molar-refractivity contribution in [2.45, 2.75) is 39.4 Å². The number of rotatable bonds is 6. The summed E-state index contributed by atoms with van der Waals surface area (Å²) < 4.78 is 2.05. The van der Waals surface area contributed by atoms with Crippen molar-refractivity contribution in [3.63, 3.8) is 0 Å². The van der Waals surface area contributed by atoms with E-state index in [1.54, 1.807) is 29.0 Å². The van der Waals surface area contributed by atoms with Crippen molar-refractivity contribution in [3.05, 3.63) is 53.1 Å². The zero-order valence-corrected chi connectivity index (χ0v) is 15.8. The summed E-state index contributed by atoms with van der Waals surface area (Å²) in [6.07, 6.45) is 4.47. The molecule has 2 amide bonds. The van der Waals surface area contributed by atoms with Gasteiger partial charge in [-0.25, -0.2) is 4.98 Å². The molecule has 0 N–H and O–H groups in total. The van der Waals surface area contributed by atoms with Crippen LogP contribution in [0.15, 0.2) is 36.7 Å². The Labute approximate surface area is 158 Å². The number of hydrogen-bond donors (Lipinski definition) is 0. The van der Waals surface area contributed by atoms with Crippen LogP contribution in [0.1, 0.15) is 24.7 Å². The van der Waals surface area contributed by atoms with E-state index < -0.39 is 6.04 Å². The van der Waals surface area contributed by atoms with E-state index in [1.165, 1.54) is 0 Å². The van der Waals surface area contributed by atoms with Gasteiger partial charge in [-0.05, 0) is 31.9 Å². The molecule has 2 heterocycles. The normalized spacial score (nSPS) is 17.9. The summed E-state index contributed by atoms with van der Waals surface area (Å²) in [7, 11) is 0. The third-order valence-electron chi connectivity index (χ3n) is 4.82. The van der Waals surface area contributed by atoms with Gasteiger partial charge in [-0.15, -0.1) is 0 Å². The zero-order valence-electron chi connectivity index (χ0n) is 15.1. The molecule has 0 radical (unpaired) electrons. The molecule has 1 aliphatic rings. The van der Waals surface area contributed by atoms with Crippen LogP contribution in [0.3, 0.4) is 0 Å². The van der Waals surface area contributed by atoms with E-state index in [0.717, 1.165) is 24.4 Å². The zero-order chi connectivity index (χ0) is 18.7. The predicted octanol–water partition coefficient (Wildman–Crippen LogP) is 2.49. The Morgan fingerprint density at radius 1 is 1.23 bits per heavy atom. The standard InChI is InChI=1S/C19H23ClN4O2/c1-14-19(26)23(12-16-6-3-4-7-17(16)20)13-18(25)24(14)10-5-9-22-11-8-21-15(22)2/h3-4,6-8,11,14H,5,9-10,12-13H2,1-2H3/t14-/m0/s1. The Morgan fingerprint density at radius 3 is 2.69 bits per heavy atom. The highest BCUT2D eigenvalue weighted by Crippen LogP contribution is 2.20. The molecule has 7 heteroatoms. The minimum absolute atomic E-state index is 0.0218. The molecule has 1 atom stereocenters. The number of benzene rings is 1. The van der Waals surface area contributed by atoms with E-state index >= 15 is 0 Å². The lowest BCUT2D eigenvalue weighted by Crippen LogP contribution is -2.58. The third kappa shape index (κ3) is 3.90. The first-order chi connectivity index (χ1) is 12.5. The van der Waals surface area contributed by atoms with Gasteiger partial charge >= 0.3 is 0 Å². The summed E-state index contributed by atoms with van der Waals surface area (Å²) in [5, 5.41) is 0.610. The number of nitrogens with zero attached hydrogens (tertiary/aromatic N) is 4. The first-order valence-electron chi connectivity index (χ1n) is 8.76. The lowest BCUT2D eigenvalue weighted by atomic mass is 10.1. The van der Waals surface area contributed by atoms with E-state index in [-0.39, 0.29) is 18.4 Å². The molecule has 0 spiro atoms. The average molecular weight is 375 g/mol. The summed E-state index contributed by atoms with van der Waals surface area (Å²) in [6.45, 7) is 5.53. The third-order valence-corrected chi connectivity index (χ3v) is 5.19. The van der Waals surface area contributed by atoms with E-state index in [2.05, 4.69) is 4.98 Å². The van der Waals surface area contributed by atoms with Crippen molar-refractivity contribution in [2.75, 3.05) is 13.1 Å². The SMILES string of the molecule is Cc1nccn1CCCN1C(=O)CN(Cc2ccccc2Cl)C(=O)[C@@H]1C. The van der Waals surface area contributed by atoms with E-state index in [9.17, 15) is 9.59 Å². The van der Waals surface area contributed by atoms with Crippen molar-refractivity contribution in [1.29, 1.82) is 0 Å². The number of aryl methyl sites for hydroxylation is 2. The fourth-order valence-electron chi connectivity index (χ4n) is 3.28. The van der Waals surface area contributed by atoms with Crippen LogP contribution in [0.25, 0.3) is 0 Å². The lowest BCUT2D eigenvalue weighted by Gasteiger charge is -2.39. The molecule has 1 aliphatic heterocycles. The number of aromatic nitrogens is 2. The molecule has 1 saturated heterocycles. The van der Waals surface area contributed by atoms with Crippen molar-refractivity contribution in [2.24, 2.45) is 0 Å². The fraction of sp³-hybridized carbons (Fsp3) is 0.421. The van der Waals surface area contributed by atoms with Crippen LogP contribution < -0.4 is 0 Å². The molecular formula is C19H23ClN4O2. The number of hydrogen-bond acceptors (Lipinski definition) is 3. The van der Waals surface area contributed by atoms with Gasteiger partial charge in [-0.2, -0.15) is 0 Å². The molecule has 26 heavy (non-hydrogen) atoms. The summed E-state index contributed by atoms with van der Waals surface area (Å²) in [6, 6.07) is 6.95. The Hall–Kier alpha value is -2.34. The smallest absolute Gasteiger partial charge is 0.245 e. The quantitative estimate of drug-likeness (QED) is 0.780. The maximum absolute atomic E-state index is 12.7. The second-order valence-corrected chi connectivity index (χ2v) is 6.98. The summed E-state index contributed by atoms with van der Waals surface area (Å²) >= 11 is 6.18. The largest absolute Gasteiger partial charge is 0.335 e. The minimum atomic E-state index is -0.456. The number of carbonyl (C=O) groups excluding carboxylic acids is 2. The molecule has 0 bridgehead atoms. The van der Waals surface area contributed by atoms with Crippen molar-refractivity contribution in [1.82, 2.24) is 19.4 Å². The van der Waals surface area contributed by atoms with Crippen LogP contribution in [0.2, 0.25) is 5.02 Å². The van der Waals surface area contributed by atoms with Gasteiger partial charge < -0.3 is 14.4 Å². The van der Waals surface area contributed by atoms with Crippen molar-refractivity contribution < 1.29 is 9.59 Å². The summed E-state index contributed by atoms with van der Waals surface area (Å²) in [4.78, 5) is 32.7. The summed E-state index contributed by atoms with van der Waals surface area (Å²) in [5.41, 5.74) is 0.853. The van der Waals surface area contributed by atoms with Gasteiger partial charge in [0.2, 0.25) is 11.8 Å². The Morgan fingerprint density at radius 2 is 2.00 bits per heavy atom. The van der Waals surface area contributed by atoms with Crippen LogP contribution in [0.4, 0.5) is 0 Å². The van der Waals surface area contributed by atoms with Crippen LogP contribution in [0, 0.1) is 6.92 Å². The molecule has 1 aromatic heterocycles. The molecular weight excluding hydrogens is 352 g/mol. The van der Waals surface area contributed by atoms with Crippen LogP contribution >= 0.6 is 11.6 Å². The first-order valence-corrected chi connectivity index (χ1v) is 9.14. The maximum Gasteiger partial charge on any atom is 0.245 e. The number of carbonyl (C=O) groups is 2. The average Bonchev–Trinajstić information content (AvgIpc) is 3.02. The van der Waals surface area contributed by atoms with Gasteiger partial charge in [0.1, 0.15) is 18.4 Å². The molecule has 0 saturated carbocycles. The van der Waals surface area contributed by atoms with Crippen molar-refractivity contribution >= 4 is 23.4 Å². The fourth-order valence-corrected chi connectivity index (χ4v) is 3.48. The summed E-state index contributed by atoms with van der Waals surface area (Å²) in [5.74, 6) is 0.889. The molecule has 6 nitrogen and oxygen atoms in total. The number of amides is 2. The van der Waals surface area contributed by atoms with Gasteiger partial charge in [0, 0.05) is 37.1 Å². The monoisotopic (exact) mass is 374 g/mol. The molecule has 2 aromatic rings. The van der Waals surface area contributed by atoms with Crippen LogP contribution in [-0.4, -0.2) is 50.3 Å². The van der Waals surface area contributed by atoms with Gasteiger partial charge in [0.25, 0.3) is 0 Å². The molecule has 0 aliphatic carbocycles. The minimum Gasteiger partial charge on any atom is -0.335 e. The van der Waals surface area contributed by atoms with Gasteiger partial charge in [-0.1, -0.05) is 29.8 Å². The second-order valence-electron chi connectivity index (χ2n) is 6.57. The van der Waals surface area contributed by atoms with Gasteiger partial charge in [-0.3, -0.25) is 9.59 Å². The van der Waals surface area contributed by atoms with Crippen molar-refractivity contribution in [3.8, 4) is 0 Å². The highest BCUT2D eigenvalue weighted by molar-refractivity contribution is 6.31. The van der Waals surface area contributed by atoms with Crippen LogP contribution in [0.5, 0.6) is 0 Å². The topological polar surface area (TPSA) is 58.4 Å². The Balaban J connectivity index is 1.60. The highest BCUT2D eigenvalue weighted by atomic mass is 35.5. The molecule has 1 aromatic carbocycles. The van der Waals surface area contributed by atoms with Gasteiger partial charge in [0.15, 0.2) is 0 Å². The molecule has 3 rings (SSSR count). The Bertz CT molecular complexity index is 804. The molecule has 0 unspecified atom stereocenters. The first kappa shape index (κ1) is 18.5. The Kier molecular flexibility index (Phi) is 5.61. The molecule has 1 fully saturated rings. The highest BCUT2D eigenvalue weighted by Gasteiger charge is 2.36. The number of imidazole rings is 1. The lowest BCUT2D eigenvalue weighted by molar-refractivity contribution is -0.155. The molecule has 138 valence electrons. The maximum atomic E-state index is 12.7. The second kappa shape index (κ2) is 7.91.